The Labute approximate surface area is 112 Å². The summed E-state index contributed by atoms with van der Waals surface area (Å²) in [6, 6.07) is 7.18. The number of rotatable bonds is 6. The van der Waals surface area contributed by atoms with Crippen LogP contribution in [0.3, 0.4) is 0 Å². The molecular formula is C12H11NO5S. The first kappa shape index (κ1) is 13.4. The summed E-state index contributed by atoms with van der Waals surface area (Å²) in [6.07, 6.45) is -0.414. The summed E-state index contributed by atoms with van der Waals surface area (Å²) in [5.41, 5.74) is 1.31. The monoisotopic (exact) mass is 281 g/mol. The molecule has 0 saturated carbocycles. The number of fused-ring (bicyclic) bond motifs is 1. The molecule has 1 aromatic carbocycles. The number of nitrogens with zero attached hydrogens (tertiary/aromatic N) is 1. The van der Waals surface area contributed by atoms with E-state index in [-0.39, 0.29) is 5.75 Å². The van der Waals surface area contributed by atoms with E-state index in [1.165, 1.54) is 0 Å². The normalized spacial score (nSPS) is 12.4. The lowest BCUT2D eigenvalue weighted by Gasteiger charge is -2.06. The molecule has 1 atom stereocenters. The summed E-state index contributed by atoms with van der Waals surface area (Å²) in [5.74, 6) is -3.12. The van der Waals surface area contributed by atoms with Gasteiger partial charge in [-0.1, -0.05) is 23.9 Å². The highest BCUT2D eigenvalue weighted by molar-refractivity contribution is 7.99. The number of carboxylic acids is 2. The number of aromatic nitrogens is 1. The molecule has 7 heteroatoms. The van der Waals surface area contributed by atoms with E-state index in [2.05, 4.69) is 4.98 Å². The number of oxazole rings is 1. The van der Waals surface area contributed by atoms with Crippen LogP contribution in [0.1, 0.15) is 6.42 Å². The van der Waals surface area contributed by atoms with Crippen LogP contribution in [0.4, 0.5) is 0 Å². The van der Waals surface area contributed by atoms with Gasteiger partial charge in [0.1, 0.15) is 5.52 Å². The fourth-order valence-corrected chi connectivity index (χ4v) is 2.43. The van der Waals surface area contributed by atoms with Crippen LogP contribution in [-0.4, -0.2) is 32.9 Å². The largest absolute Gasteiger partial charge is 0.481 e. The highest BCUT2D eigenvalue weighted by Gasteiger charge is 2.22. The fraction of sp³-hybridized carbons (Fsp3) is 0.250. The van der Waals surface area contributed by atoms with Gasteiger partial charge in [-0.3, -0.25) is 9.59 Å². The molecule has 6 nitrogen and oxygen atoms in total. The van der Waals surface area contributed by atoms with Crippen LogP contribution in [0.25, 0.3) is 11.1 Å². The average molecular weight is 281 g/mol. The molecule has 0 aliphatic carbocycles. The van der Waals surface area contributed by atoms with Gasteiger partial charge in [-0.2, -0.15) is 0 Å². The molecule has 0 amide bonds. The lowest BCUT2D eigenvalue weighted by Crippen LogP contribution is -2.20. The minimum atomic E-state index is -1.13. The molecule has 1 unspecified atom stereocenters. The second-order valence-corrected chi connectivity index (χ2v) is 4.86. The number of para-hydroxylation sites is 2. The maximum Gasteiger partial charge on any atom is 0.307 e. The molecule has 0 spiro atoms. The van der Waals surface area contributed by atoms with E-state index in [1.54, 1.807) is 12.1 Å². The molecule has 0 saturated heterocycles. The summed E-state index contributed by atoms with van der Waals surface area (Å²) in [6.45, 7) is 0. The van der Waals surface area contributed by atoms with E-state index >= 15 is 0 Å². The Morgan fingerprint density at radius 3 is 2.68 bits per heavy atom. The number of carboxylic acid groups (broad SMARTS) is 2. The van der Waals surface area contributed by atoms with Crippen LogP contribution in [-0.2, 0) is 9.59 Å². The molecule has 0 fully saturated rings. The zero-order valence-corrected chi connectivity index (χ0v) is 10.6. The second-order valence-electron chi connectivity index (χ2n) is 3.89. The van der Waals surface area contributed by atoms with Crippen molar-refractivity contribution in [2.24, 2.45) is 5.92 Å². The van der Waals surface area contributed by atoms with Crippen molar-refractivity contribution >= 4 is 34.8 Å². The highest BCUT2D eigenvalue weighted by atomic mass is 32.2. The summed E-state index contributed by atoms with van der Waals surface area (Å²) >= 11 is 1.10. The minimum Gasteiger partial charge on any atom is -0.481 e. The number of thioether (sulfide) groups is 1. The van der Waals surface area contributed by atoms with Crippen LogP contribution < -0.4 is 0 Å². The van der Waals surface area contributed by atoms with Crippen LogP contribution in [0.15, 0.2) is 33.9 Å². The van der Waals surface area contributed by atoms with Gasteiger partial charge in [0.2, 0.25) is 0 Å². The fourth-order valence-electron chi connectivity index (χ4n) is 1.51. The van der Waals surface area contributed by atoms with Crippen molar-refractivity contribution in [3.8, 4) is 0 Å². The molecule has 0 aliphatic heterocycles. The van der Waals surface area contributed by atoms with E-state index in [4.69, 9.17) is 14.6 Å². The van der Waals surface area contributed by atoms with E-state index in [0.29, 0.717) is 16.3 Å². The maximum atomic E-state index is 10.9. The molecule has 0 bridgehead atoms. The van der Waals surface area contributed by atoms with Gasteiger partial charge < -0.3 is 14.6 Å². The van der Waals surface area contributed by atoms with Gasteiger partial charge in [-0.15, -0.1) is 0 Å². The molecule has 1 heterocycles. The van der Waals surface area contributed by atoms with Crippen LogP contribution >= 0.6 is 11.8 Å². The number of hydrogen-bond acceptors (Lipinski definition) is 5. The Hall–Kier alpha value is -2.02. The van der Waals surface area contributed by atoms with E-state index in [9.17, 15) is 9.59 Å². The van der Waals surface area contributed by atoms with Crippen molar-refractivity contribution in [3.05, 3.63) is 24.3 Å². The van der Waals surface area contributed by atoms with Gasteiger partial charge in [0.25, 0.3) is 5.22 Å². The Morgan fingerprint density at radius 2 is 2.05 bits per heavy atom. The molecule has 1 aromatic heterocycles. The molecule has 19 heavy (non-hydrogen) atoms. The van der Waals surface area contributed by atoms with E-state index < -0.39 is 24.3 Å². The SMILES string of the molecule is O=C(O)CC(CSc1nc2ccccc2o1)C(=O)O. The van der Waals surface area contributed by atoms with Gasteiger partial charge in [-0.25, -0.2) is 4.98 Å². The molecular weight excluding hydrogens is 270 g/mol. The van der Waals surface area contributed by atoms with Gasteiger partial charge in [0.15, 0.2) is 5.58 Å². The van der Waals surface area contributed by atoms with Gasteiger partial charge in [0, 0.05) is 5.75 Å². The third kappa shape index (κ3) is 3.47. The zero-order chi connectivity index (χ0) is 13.8. The number of hydrogen-bond donors (Lipinski definition) is 2. The maximum absolute atomic E-state index is 10.9. The van der Waals surface area contributed by atoms with E-state index in [0.717, 1.165) is 11.8 Å². The zero-order valence-electron chi connectivity index (χ0n) is 9.78. The smallest absolute Gasteiger partial charge is 0.307 e. The first-order valence-electron chi connectivity index (χ1n) is 5.49. The summed E-state index contributed by atoms with van der Waals surface area (Å²) in [7, 11) is 0. The first-order chi connectivity index (χ1) is 9.06. The van der Waals surface area contributed by atoms with Crippen LogP contribution in [0.5, 0.6) is 0 Å². The quantitative estimate of drug-likeness (QED) is 0.782. The highest BCUT2D eigenvalue weighted by Crippen LogP contribution is 2.25. The molecule has 2 aromatic rings. The topological polar surface area (TPSA) is 101 Å². The van der Waals surface area contributed by atoms with Crippen LogP contribution in [0, 0.1) is 5.92 Å². The van der Waals surface area contributed by atoms with Crippen molar-refractivity contribution < 1.29 is 24.2 Å². The Kier molecular flexibility index (Phi) is 4.06. The first-order valence-corrected chi connectivity index (χ1v) is 6.48. The summed E-state index contributed by atoms with van der Waals surface area (Å²) in [5, 5.41) is 17.9. The third-order valence-electron chi connectivity index (χ3n) is 2.45. The van der Waals surface area contributed by atoms with E-state index in [1.807, 2.05) is 12.1 Å². The Morgan fingerprint density at radius 1 is 1.32 bits per heavy atom. The van der Waals surface area contributed by atoms with Crippen molar-refractivity contribution in [1.29, 1.82) is 0 Å². The Balaban J connectivity index is 2.03. The molecule has 2 N–H and O–H groups in total. The summed E-state index contributed by atoms with van der Waals surface area (Å²) < 4.78 is 5.41. The third-order valence-corrected chi connectivity index (χ3v) is 3.44. The molecule has 2 rings (SSSR count). The van der Waals surface area contributed by atoms with Crippen molar-refractivity contribution in [3.63, 3.8) is 0 Å². The van der Waals surface area contributed by atoms with Gasteiger partial charge in [0.05, 0.1) is 12.3 Å². The van der Waals surface area contributed by atoms with Crippen molar-refractivity contribution in [2.45, 2.75) is 11.6 Å². The standard InChI is InChI=1S/C12H11NO5S/c14-10(15)5-7(11(16)17)6-19-12-13-8-3-1-2-4-9(8)18-12/h1-4,7H,5-6H2,(H,14,15)(H,16,17). The molecule has 0 aliphatic rings. The molecule has 0 radical (unpaired) electrons. The van der Waals surface area contributed by atoms with Crippen LogP contribution in [0.2, 0.25) is 0 Å². The van der Waals surface area contributed by atoms with Crippen molar-refractivity contribution in [1.82, 2.24) is 4.98 Å². The number of benzene rings is 1. The number of carbonyl (C=O) groups is 2. The minimum absolute atomic E-state index is 0.106. The van der Waals surface area contributed by atoms with Gasteiger partial charge >= 0.3 is 11.9 Å². The lowest BCUT2D eigenvalue weighted by molar-refractivity contribution is -0.147. The second kappa shape index (κ2) is 5.75. The lowest BCUT2D eigenvalue weighted by atomic mass is 10.1. The average Bonchev–Trinajstić information content (AvgIpc) is 2.76. The van der Waals surface area contributed by atoms with Gasteiger partial charge in [-0.05, 0) is 12.1 Å². The predicted molar refractivity (Wildman–Crippen MR) is 68.1 cm³/mol. The summed E-state index contributed by atoms with van der Waals surface area (Å²) in [4.78, 5) is 25.6. The van der Waals surface area contributed by atoms with Crippen molar-refractivity contribution in [2.75, 3.05) is 5.75 Å². The Bertz CT molecular complexity index is 576. The molecule has 100 valence electrons. The predicted octanol–water partition coefficient (Wildman–Crippen LogP) is 2.10. The number of aliphatic carboxylic acids is 2.